The second kappa shape index (κ2) is 6.87. The number of aromatic nitrogens is 1. The minimum absolute atomic E-state index is 0.239. The third-order valence-corrected chi connectivity index (χ3v) is 7.78. The Hall–Kier alpha value is -2.44. The summed E-state index contributed by atoms with van der Waals surface area (Å²) in [6, 6.07) is 16.5. The zero-order valence-corrected chi connectivity index (χ0v) is 16.4. The first-order chi connectivity index (χ1) is 13.6. The van der Waals surface area contributed by atoms with E-state index >= 15 is 0 Å². The Balaban J connectivity index is 1.50. The van der Waals surface area contributed by atoms with E-state index in [1.54, 1.807) is 30.3 Å². The van der Waals surface area contributed by atoms with Crippen LogP contribution >= 0.6 is 0 Å². The Labute approximate surface area is 165 Å². The van der Waals surface area contributed by atoms with Gasteiger partial charge in [-0.25, -0.2) is 8.42 Å². The van der Waals surface area contributed by atoms with E-state index in [9.17, 15) is 8.42 Å². The summed E-state index contributed by atoms with van der Waals surface area (Å²) in [5, 5.41) is 4.36. The standard InChI is InChI=1S/C22H23N3O2S/c26-28(27,20-4-2-1-3-5-20)21-11-17-10-19(6-7-22(17)24-13-21)25-14-16-8-9-23-12-18(16)15-25/h1-7,10-11,13,16,18,23H,8-9,12,14-15H2. The topological polar surface area (TPSA) is 62.3 Å². The van der Waals surface area contributed by atoms with Crippen molar-refractivity contribution in [2.45, 2.75) is 16.2 Å². The molecule has 3 heterocycles. The molecule has 2 saturated heterocycles. The van der Waals surface area contributed by atoms with Gasteiger partial charge in [0.2, 0.25) is 9.84 Å². The molecule has 2 aromatic carbocycles. The minimum atomic E-state index is -3.56. The highest BCUT2D eigenvalue weighted by Gasteiger charge is 2.34. The first kappa shape index (κ1) is 17.6. The van der Waals surface area contributed by atoms with E-state index in [1.807, 2.05) is 12.1 Å². The molecule has 0 spiro atoms. The zero-order valence-electron chi connectivity index (χ0n) is 15.6. The maximum Gasteiger partial charge on any atom is 0.208 e. The zero-order chi connectivity index (χ0) is 19.1. The molecule has 2 aliphatic rings. The lowest BCUT2D eigenvalue weighted by molar-refractivity contribution is 0.318. The Morgan fingerprint density at radius 3 is 2.61 bits per heavy atom. The van der Waals surface area contributed by atoms with Crippen molar-refractivity contribution in [2.75, 3.05) is 31.1 Å². The van der Waals surface area contributed by atoms with Crippen LogP contribution in [0.4, 0.5) is 5.69 Å². The fraction of sp³-hybridized carbons (Fsp3) is 0.318. The third kappa shape index (κ3) is 3.06. The molecule has 2 unspecified atom stereocenters. The van der Waals surface area contributed by atoms with Gasteiger partial charge in [0.05, 0.1) is 15.3 Å². The number of sulfone groups is 1. The molecule has 0 amide bonds. The number of anilines is 1. The van der Waals surface area contributed by atoms with E-state index < -0.39 is 9.84 Å². The van der Waals surface area contributed by atoms with Crippen molar-refractivity contribution < 1.29 is 8.42 Å². The molecule has 28 heavy (non-hydrogen) atoms. The predicted molar refractivity (Wildman–Crippen MR) is 110 cm³/mol. The highest BCUT2D eigenvalue weighted by atomic mass is 32.2. The summed E-state index contributed by atoms with van der Waals surface area (Å²) in [6.07, 6.45) is 2.69. The van der Waals surface area contributed by atoms with Crippen LogP contribution in [0.25, 0.3) is 10.9 Å². The van der Waals surface area contributed by atoms with Crippen LogP contribution in [0.3, 0.4) is 0 Å². The van der Waals surface area contributed by atoms with Crippen LogP contribution in [0.1, 0.15) is 6.42 Å². The van der Waals surface area contributed by atoms with Crippen LogP contribution < -0.4 is 10.2 Å². The lowest BCUT2D eigenvalue weighted by Crippen LogP contribution is -2.35. The second-order valence-corrected chi connectivity index (χ2v) is 9.73. The van der Waals surface area contributed by atoms with E-state index in [0.29, 0.717) is 10.8 Å². The summed E-state index contributed by atoms with van der Waals surface area (Å²) < 4.78 is 25.9. The molecule has 5 nitrogen and oxygen atoms in total. The number of hydrogen-bond donors (Lipinski definition) is 1. The smallest absolute Gasteiger partial charge is 0.208 e. The summed E-state index contributed by atoms with van der Waals surface area (Å²) in [5.41, 5.74) is 1.96. The third-order valence-electron chi connectivity index (χ3n) is 6.04. The number of piperidine rings is 1. The van der Waals surface area contributed by atoms with Crippen molar-refractivity contribution in [3.8, 4) is 0 Å². The van der Waals surface area contributed by atoms with Crippen molar-refractivity contribution >= 4 is 26.4 Å². The number of hydrogen-bond acceptors (Lipinski definition) is 5. The first-order valence-corrected chi connectivity index (χ1v) is 11.3. The average Bonchev–Trinajstić information content (AvgIpc) is 3.18. The quantitative estimate of drug-likeness (QED) is 0.741. The molecule has 1 N–H and O–H groups in total. The lowest BCUT2D eigenvalue weighted by atomic mass is 9.90. The Morgan fingerprint density at radius 1 is 0.964 bits per heavy atom. The molecular formula is C22H23N3O2S. The first-order valence-electron chi connectivity index (χ1n) is 9.77. The van der Waals surface area contributed by atoms with E-state index in [1.165, 1.54) is 12.6 Å². The van der Waals surface area contributed by atoms with E-state index in [-0.39, 0.29) is 4.90 Å². The van der Waals surface area contributed by atoms with Crippen molar-refractivity contribution in [2.24, 2.45) is 11.8 Å². The van der Waals surface area contributed by atoms with Crippen molar-refractivity contribution in [3.63, 3.8) is 0 Å². The fourth-order valence-corrected chi connectivity index (χ4v) is 5.72. The number of nitrogens with zero attached hydrogens (tertiary/aromatic N) is 2. The van der Waals surface area contributed by atoms with Crippen LogP contribution in [0.15, 0.2) is 70.6 Å². The van der Waals surface area contributed by atoms with Gasteiger partial charge in [-0.2, -0.15) is 0 Å². The van der Waals surface area contributed by atoms with Gasteiger partial charge in [-0.1, -0.05) is 18.2 Å². The summed E-state index contributed by atoms with van der Waals surface area (Å²) in [5.74, 6) is 1.45. The maximum atomic E-state index is 12.9. The molecule has 2 atom stereocenters. The molecular weight excluding hydrogens is 370 g/mol. The van der Waals surface area contributed by atoms with Gasteiger partial charge >= 0.3 is 0 Å². The van der Waals surface area contributed by atoms with Gasteiger partial charge < -0.3 is 10.2 Å². The number of benzene rings is 2. The largest absolute Gasteiger partial charge is 0.371 e. The van der Waals surface area contributed by atoms with Crippen molar-refractivity contribution in [1.82, 2.24) is 10.3 Å². The van der Waals surface area contributed by atoms with Crippen LogP contribution in [0.5, 0.6) is 0 Å². The van der Waals surface area contributed by atoms with E-state index in [4.69, 9.17) is 0 Å². The fourth-order valence-electron chi connectivity index (χ4n) is 4.46. The molecule has 5 rings (SSSR count). The highest BCUT2D eigenvalue weighted by Crippen LogP contribution is 2.33. The molecule has 0 aliphatic carbocycles. The lowest BCUT2D eigenvalue weighted by Gasteiger charge is -2.23. The van der Waals surface area contributed by atoms with Crippen LogP contribution in [-0.2, 0) is 9.84 Å². The Morgan fingerprint density at radius 2 is 1.79 bits per heavy atom. The van der Waals surface area contributed by atoms with Gasteiger partial charge in [-0.3, -0.25) is 4.98 Å². The van der Waals surface area contributed by atoms with Gasteiger partial charge in [-0.05, 0) is 67.7 Å². The van der Waals surface area contributed by atoms with Gasteiger partial charge in [0, 0.05) is 30.4 Å². The molecule has 2 fully saturated rings. The average molecular weight is 394 g/mol. The molecule has 6 heteroatoms. The summed E-state index contributed by atoms with van der Waals surface area (Å²) in [4.78, 5) is 7.37. The Bertz CT molecular complexity index is 1100. The number of pyridine rings is 1. The predicted octanol–water partition coefficient (Wildman–Crippen LogP) is 3.11. The summed E-state index contributed by atoms with van der Waals surface area (Å²) >= 11 is 0. The maximum absolute atomic E-state index is 12.9. The van der Waals surface area contributed by atoms with Gasteiger partial charge in [0.25, 0.3) is 0 Å². The van der Waals surface area contributed by atoms with Gasteiger partial charge in [0.1, 0.15) is 0 Å². The van der Waals surface area contributed by atoms with Crippen molar-refractivity contribution in [3.05, 3.63) is 60.8 Å². The number of fused-ring (bicyclic) bond motifs is 2. The highest BCUT2D eigenvalue weighted by molar-refractivity contribution is 7.91. The number of rotatable bonds is 3. The van der Waals surface area contributed by atoms with E-state index in [0.717, 1.165) is 48.7 Å². The monoisotopic (exact) mass is 393 g/mol. The molecule has 0 saturated carbocycles. The molecule has 144 valence electrons. The molecule has 0 radical (unpaired) electrons. The summed E-state index contributed by atoms with van der Waals surface area (Å²) in [7, 11) is -3.56. The van der Waals surface area contributed by atoms with Gasteiger partial charge in [0.15, 0.2) is 0 Å². The molecule has 1 aromatic heterocycles. The molecule has 3 aromatic rings. The number of nitrogens with one attached hydrogen (secondary N) is 1. The normalized spacial score (nSPS) is 22.4. The summed E-state index contributed by atoms with van der Waals surface area (Å²) in [6.45, 7) is 4.33. The SMILES string of the molecule is O=S(=O)(c1ccccc1)c1cnc2ccc(N3CC4CCNCC4C3)cc2c1. The van der Waals surface area contributed by atoms with Crippen molar-refractivity contribution in [1.29, 1.82) is 0 Å². The minimum Gasteiger partial charge on any atom is -0.371 e. The molecule has 0 bridgehead atoms. The van der Waals surface area contributed by atoms with Crippen LogP contribution in [-0.4, -0.2) is 39.6 Å². The Kier molecular flexibility index (Phi) is 4.33. The van der Waals surface area contributed by atoms with Crippen LogP contribution in [0, 0.1) is 11.8 Å². The molecule has 2 aliphatic heterocycles. The van der Waals surface area contributed by atoms with Gasteiger partial charge in [-0.15, -0.1) is 0 Å². The van der Waals surface area contributed by atoms with Crippen LogP contribution in [0.2, 0.25) is 0 Å². The second-order valence-electron chi connectivity index (χ2n) is 7.78. The van der Waals surface area contributed by atoms with E-state index in [2.05, 4.69) is 27.3 Å².